The first-order valence-electron chi connectivity index (χ1n) is 5.94. The second-order valence-electron chi connectivity index (χ2n) is 5.07. The van der Waals surface area contributed by atoms with E-state index in [1.54, 1.807) is 11.0 Å². The highest BCUT2D eigenvalue weighted by atomic mass is 16.2. The Labute approximate surface area is 104 Å². The average molecular weight is 234 g/mol. The number of hydrogen-bond acceptors (Lipinski definition) is 2. The maximum Gasteiger partial charge on any atom is 0.256 e. The van der Waals surface area contributed by atoms with Crippen molar-refractivity contribution in [2.24, 2.45) is 0 Å². The van der Waals surface area contributed by atoms with Crippen molar-refractivity contribution in [1.82, 2.24) is 4.90 Å². The third kappa shape index (κ3) is 2.60. The van der Waals surface area contributed by atoms with E-state index in [0.29, 0.717) is 11.3 Å². The van der Waals surface area contributed by atoms with Gasteiger partial charge in [0.25, 0.3) is 5.91 Å². The Morgan fingerprint density at radius 1 is 1.41 bits per heavy atom. The number of carbonyl (C=O) groups is 1. The highest BCUT2D eigenvalue weighted by molar-refractivity contribution is 5.99. The summed E-state index contributed by atoms with van der Waals surface area (Å²) in [5, 5.41) is 0. The number of aryl methyl sites for hydroxylation is 1. The minimum Gasteiger partial charge on any atom is -0.398 e. The smallest absolute Gasteiger partial charge is 0.256 e. The Hall–Kier alpha value is -1.51. The lowest BCUT2D eigenvalue weighted by molar-refractivity contribution is 0.0621. The fourth-order valence-corrected chi connectivity index (χ4v) is 1.56. The SMILES string of the molecule is CCC(C)(C)N(C)C(=O)c1cccc(C)c1N. The third-order valence-electron chi connectivity index (χ3n) is 3.63. The Kier molecular flexibility index (Phi) is 3.81. The molecule has 0 fully saturated rings. The lowest BCUT2D eigenvalue weighted by Gasteiger charge is -2.35. The van der Waals surface area contributed by atoms with Crippen LogP contribution in [0.1, 0.15) is 43.1 Å². The molecular weight excluding hydrogens is 212 g/mol. The molecule has 0 aliphatic carbocycles. The minimum atomic E-state index is -0.159. The van der Waals surface area contributed by atoms with E-state index < -0.39 is 0 Å². The van der Waals surface area contributed by atoms with Gasteiger partial charge < -0.3 is 10.6 Å². The Balaban J connectivity index is 3.09. The van der Waals surface area contributed by atoms with E-state index >= 15 is 0 Å². The molecule has 3 nitrogen and oxygen atoms in total. The van der Waals surface area contributed by atoms with Crippen LogP contribution in [0.15, 0.2) is 18.2 Å². The summed E-state index contributed by atoms with van der Waals surface area (Å²) in [5.74, 6) is -0.0157. The molecule has 0 aliphatic rings. The van der Waals surface area contributed by atoms with Crippen LogP contribution >= 0.6 is 0 Å². The van der Waals surface area contributed by atoms with Gasteiger partial charge in [0.05, 0.1) is 5.56 Å². The molecule has 0 aliphatic heterocycles. The number of hydrogen-bond donors (Lipinski definition) is 1. The molecule has 1 amide bonds. The normalized spacial score (nSPS) is 11.4. The van der Waals surface area contributed by atoms with E-state index in [-0.39, 0.29) is 11.4 Å². The Morgan fingerprint density at radius 3 is 2.53 bits per heavy atom. The molecule has 1 aromatic rings. The monoisotopic (exact) mass is 234 g/mol. The second-order valence-corrected chi connectivity index (χ2v) is 5.07. The van der Waals surface area contributed by atoms with Crippen LogP contribution < -0.4 is 5.73 Å². The molecule has 1 rings (SSSR count). The number of nitrogens with two attached hydrogens (primary N) is 1. The van der Waals surface area contributed by atoms with Gasteiger partial charge in [0.1, 0.15) is 0 Å². The first kappa shape index (κ1) is 13.6. The molecule has 1 aromatic carbocycles. The lowest BCUT2D eigenvalue weighted by Crippen LogP contribution is -2.44. The molecule has 3 heteroatoms. The van der Waals surface area contributed by atoms with Crippen LogP contribution in [-0.2, 0) is 0 Å². The molecule has 0 atom stereocenters. The molecule has 0 saturated carbocycles. The number of nitrogen functional groups attached to an aromatic ring is 1. The second kappa shape index (κ2) is 4.78. The number of amides is 1. The first-order chi connectivity index (χ1) is 7.81. The standard InChI is InChI=1S/C14H22N2O/c1-6-14(3,4)16(5)13(17)11-9-7-8-10(2)12(11)15/h7-9H,6,15H2,1-5H3. The summed E-state index contributed by atoms with van der Waals surface area (Å²) in [7, 11) is 1.83. The van der Waals surface area contributed by atoms with Gasteiger partial charge in [-0.3, -0.25) is 4.79 Å². The van der Waals surface area contributed by atoms with Crippen LogP contribution in [0.3, 0.4) is 0 Å². The van der Waals surface area contributed by atoms with Gasteiger partial charge in [-0.1, -0.05) is 19.1 Å². The van der Waals surface area contributed by atoms with E-state index in [1.807, 2.05) is 26.1 Å². The number of para-hydroxylation sites is 1. The molecule has 0 bridgehead atoms. The van der Waals surface area contributed by atoms with Crippen LogP contribution in [0.25, 0.3) is 0 Å². The zero-order valence-corrected chi connectivity index (χ0v) is 11.4. The molecule has 0 heterocycles. The number of rotatable bonds is 3. The van der Waals surface area contributed by atoms with E-state index in [0.717, 1.165) is 12.0 Å². The number of benzene rings is 1. The molecule has 0 saturated heterocycles. The van der Waals surface area contributed by atoms with Crippen molar-refractivity contribution in [1.29, 1.82) is 0 Å². The summed E-state index contributed by atoms with van der Waals surface area (Å²) in [6.45, 7) is 8.09. The summed E-state index contributed by atoms with van der Waals surface area (Å²) < 4.78 is 0. The van der Waals surface area contributed by atoms with Crippen molar-refractivity contribution in [3.63, 3.8) is 0 Å². The van der Waals surface area contributed by atoms with Gasteiger partial charge in [0.2, 0.25) is 0 Å². The molecule has 0 radical (unpaired) electrons. The van der Waals surface area contributed by atoms with Gasteiger partial charge in [-0.2, -0.15) is 0 Å². The zero-order valence-electron chi connectivity index (χ0n) is 11.4. The highest BCUT2D eigenvalue weighted by Gasteiger charge is 2.27. The zero-order chi connectivity index (χ0) is 13.2. The molecular formula is C14H22N2O. The van der Waals surface area contributed by atoms with Crippen LogP contribution in [-0.4, -0.2) is 23.4 Å². The molecule has 2 N–H and O–H groups in total. The summed E-state index contributed by atoms with van der Waals surface area (Å²) in [6.07, 6.45) is 0.904. The summed E-state index contributed by atoms with van der Waals surface area (Å²) in [5.41, 5.74) is 7.91. The van der Waals surface area contributed by atoms with Gasteiger partial charge in [0, 0.05) is 18.3 Å². The minimum absolute atomic E-state index is 0.0157. The quantitative estimate of drug-likeness (QED) is 0.817. The van der Waals surface area contributed by atoms with E-state index in [4.69, 9.17) is 5.73 Å². The molecule has 0 spiro atoms. The van der Waals surface area contributed by atoms with Gasteiger partial charge in [0.15, 0.2) is 0 Å². The lowest BCUT2D eigenvalue weighted by atomic mass is 9.98. The van der Waals surface area contributed by atoms with Crippen LogP contribution in [0.5, 0.6) is 0 Å². The predicted molar refractivity (Wildman–Crippen MR) is 72.1 cm³/mol. The van der Waals surface area contributed by atoms with E-state index in [2.05, 4.69) is 20.8 Å². The molecule has 94 valence electrons. The number of nitrogens with zero attached hydrogens (tertiary/aromatic N) is 1. The van der Waals surface area contributed by atoms with E-state index in [9.17, 15) is 4.79 Å². The van der Waals surface area contributed by atoms with Crippen molar-refractivity contribution in [2.45, 2.75) is 39.7 Å². The van der Waals surface area contributed by atoms with Gasteiger partial charge >= 0.3 is 0 Å². The van der Waals surface area contributed by atoms with Crippen molar-refractivity contribution in [2.75, 3.05) is 12.8 Å². The van der Waals surface area contributed by atoms with E-state index in [1.165, 1.54) is 0 Å². The van der Waals surface area contributed by atoms with Crippen molar-refractivity contribution in [3.05, 3.63) is 29.3 Å². The van der Waals surface area contributed by atoms with Crippen LogP contribution in [0.4, 0.5) is 5.69 Å². The van der Waals surface area contributed by atoms with Crippen LogP contribution in [0, 0.1) is 6.92 Å². The van der Waals surface area contributed by atoms with Gasteiger partial charge in [-0.25, -0.2) is 0 Å². The maximum absolute atomic E-state index is 12.4. The summed E-state index contributed by atoms with van der Waals surface area (Å²) in [6, 6.07) is 5.57. The van der Waals surface area contributed by atoms with Gasteiger partial charge in [-0.15, -0.1) is 0 Å². The summed E-state index contributed by atoms with van der Waals surface area (Å²) >= 11 is 0. The Morgan fingerprint density at radius 2 is 2.00 bits per heavy atom. The average Bonchev–Trinajstić information content (AvgIpc) is 2.30. The third-order valence-corrected chi connectivity index (χ3v) is 3.63. The van der Waals surface area contributed by atoms with Gasteiger partial charge in [-0.05, 0) is 38.8 Å². The maximum atomic E-state index is 12.4. The Bertz CT molecular complexity index is 424. The largest absolute Gasteiger partial charge is 0.398 e. The first-order valence-corrected chi connectivity index (χ1v) is 5.94. The fraction of sp³-hybridized carbons (Fsp3) is 0.500. The van der Waals surface area contributed by atoms with Crippen molar-refractivity contribution in [3.8, 4) is 0 Å². The molecule has 0 aromatic heterocycles. The number of anilines is 1. The van der Waals surface area contributed by atoms with Crippen LogP contribution in [0.2, 0.25) is 0 Å². The van der Waals surface area contributed by atoms with Crippen molar-refractivity contribution < 1.29 is 4.79 Å². The molecule has 0 unspecified atom stereocenters. The molecule has 17 heavy (non-hydrogen) atoms. The highest BCUT2D eigenvalue weighted by Crippen LogP contribution is 2.23. The predicted octanol–water partition coefficient (Wildman–Crippen LogP) is 2.84. The topological polar surface area (TPSA) is 46.3 Å². The number of carbonyl (C=O) groups excluding carboxylic acids is 1. The summed E-state index contributed by atoms with van der Waals surface area (Å²) in [4.78, 5) is 14.1. The fourth-order valence-electron chi connectivity index (χ4n) is 1.56. The van der Waals surface area contributed by atoms with Crippen molar-refractivity contribution >= 4 is 11.6 Å².